The zero-order chi connectivity index (χ0) is 89.6. The summed E-state index contributed by atoms with van der Waals surface area (Å²) in [6.07, 6.45) is 4.15. The third-order valence-corrected chi connectivity index (χ3v) is 25.5. The van der Waals surface area contributed by atoms with E-state index in [0.717, 1.165) is 22.0 Å². The summed E-state index contributed by atoms with van der Waals surface area (Å²) >= 11 is 0. The van der Waals surface area contributed by atoms with E-state index in [1.807, 2.05) is 162 Å². The Morgan fingerprint density at radius 3 is 1.19 bits per heavy atom. The predicted octanol–water partition coefficient (Wildman–Crippen LogP) is 12.2. The van der Waals surface area contributed by atoms with Crippen LogP contribution in [0.4, 0.5) is 0 Å². The van der Waals surface area contributed by atoms with Gasteiger partial charge in [0.1, 0.15) is 11.6 Å². The molecule has 2 aliphatic rings. The number of fused-ring (bicyclic) bond motifs is 1. The minimum atomic E-state index is -1.05. The Morgan fingerprint density at radius 1 is 0.471 bits per heavy atom. The molecule has 0 aliphatic carbocycles. The highest BCUT2D eigenvalue weighted by Gasteiger charge is 2.47. The van der Waals surface area contributed by atoms with Crippen LogP contribution in [0.25, 0.3) is 10.9 Å². The molecule has 2 saturated heterocycles. The van der Waals surface area contributed by atoms with E-state index < -0.39 is 120 Å². The summed E-state index contributed by atoms with van der Waals surface area (Å²) in [5.74, 6) is -10.2. The van der Waals surface area contributed by atoms with E-state index in [-0.39, 0.29) is 146 Å². The van der Waals surface area contributed by atoms with Crippen molar-refractivity contribution in [1.29, 1.82) is 0 Å². The lowest BCUT2D eigenvalue weighted by atomic mass is 9.83. The molecule has 0 bridgehead atoms. The van der Waals surface area contributed by atoms with Gasteiger partial charge >= 0.3 is 23.9 Å². The Bertz CT molecular complexity index is 3730. The van der Waals surface area contributed by atoms with Crippen molar-refractivity contribution in [2.75, 3.05) is 82.8 Å². The van der Waals surface area contributed by atoms with Crippen molar-refractivity contribution in [3.63, 3.8) is 0 Å². The maximum Gasteiger partial charge on any atom is 0.307 e. The van der Waals surface area contributed by atoms with E-state index >= 15 is 0 Å². The molecule has 0 spiro atoms. The van der Waals surface area contributed by atoms with Gasteiger partial charge in [0.25, 0.3) is 0 Å². The molecule has 3 aromatic rings. The van der Waals surface area contributed by atoms with Gasteiger partial charge < -0.3 is 64.0 Å². The SMILES string of the molecule is CC[C@H](C)[C@@H]([C@@H](CC(=O)N1CCC[C@H]1[C@H](OC)[C@@H](C)C(=O)C[C@@H](Cc1c[nH]c2ccccc12)C(=O)O)OC)N(C)C(=O)[C@@H](CC(=O)[C@H](C(C)C)N(C)CCCC(=O)O)C(C)C.CC[C@H](C)[C@@H]([C@@H](CC(=O)N1CCC[C@H]1[C@H](OC)[C@@H](C)C(=O)C[C@@H](Cc1ccccc1)C(=O)O)OC)N(C)C(=O)[C@@H](CC(=O)[C@H](C(C)C)N(C)CCCC(=O)O)C(C)C. The topological polar surface area (TPSA) is 358 Å². The number of aromatic amines is 1. The summed E-state index contributed by atoms with van der Waals surface area (Å²) in [5, 5.41) is 39.3. The van der Waals surface area contributed by atoms with Crippen molar-refractivity contribution in [3.05, 3.63) is 71.9 Å². The minimum Gasteiger partial charge on any atom is -0.481 e. The van der Waals surface area contributed by atoms with Crippen LogP contribution in [0.2, 0.25) is 0 Å². The summed E-state index contributed by atoms with van der Waals surface area (Å²) in [7, 11) is 13.2. The van der Waals surface area contributed by atoms with Crippen molar-refractivity contribution >= 4 is 81.5 Å². The third-order valence-electron chi connectivity index (χ3n) is 25.5. The molecule has 5 N–H and O–H groups in total. The minimum absolute atomic E-state index is 0.00815. The van der Waals surface area contributed by atoms with Gasteiger partial charge in [0, 0.05) is 135 Å². The number of hydrogen-bond acceptors (Lipinski definition) is 18. The first-order valence-electron chi connectivity index (χ1n) is 43.3. The standard InChI is InChI=1S/C47H74N4O10.C45H73N3O10/c1-12-30(6)44(50(9)46(57)35(28(2)3)25-39(53)43(29(4)5)49(8)21-16-20-42(55)56)40(60-10)26-41(54)51-22-15-19-37(51)45(61-11)31(7)38(52)24-32(47(58)59)23-33-27-48-36-18-14-13-17-34(33)36;1-12-30(6)42(47(9)44(54)34(28(2)3)26-37(50)41(29(4)5)46(8)22-17-21-40(52)53)38(57-10)27-39(51)48-23-16-20-35(48)43(58-11)31(7)36(49)25-33(45(55)56)24-32-18-14-13-15-19-32/h13-14,17-18,27-32,35,37,40,43-45,48H,12,15-16,19-26H2,1-11H3,(H,55,56)(H,58,59);13-15,18-19,28-31,33-35,38,41-43H,12,16-17,20-27H2,1-11H3,(H,52,53)(H,55,56)/t30-,31-,32+,35-,37-,40+,43-,44-,45+;30-,31-,33+,34-,35-,38+,41-,42-,43+/m00/s1. The molecular formula is C92H147N7O20. The molecule has 0 radical (unpaired) electrons. The number of carboxylic acid groups (broad SMARTS) is 4. The smallest absolute Gasteiger partial charge is 0.307 e. The van der Waals surface area contributed by atoms with Gasteiger partial charge in [-0.2, -0.15) is 0 Å². The quantitative estimate of drug-likeness (QED) is 0.0350. The van der Waals surface area contributed by atoms with Crippen LogP contribution in [0.1, 0.15) is 211 Å². The molecule has 4 amide bonds. The Kier molecular flexibility index (Phi) is 44.0. The van der Waals surface area contributed by atoms with Gasteiger partial charge in [0.05, 0.1) is 85.3 Å². The molecule has 2 aliphatic heterocycles. The van der Waals surface area contributed by atoms with E-state index in [9.17, 15) is 67.7 Å². The van der Waals surface area contributed by atoms with E-state index in [1.165, 1.54) is 28.4 Å². The number of aliphatic carboxylic acids is 4. The lowest BCUT2D eigenvalue weighted by Crippen LogP contribution is -2.54. The zero-order valence-corrected chi connectivity index (χ0v) is 75.5. The molecule has 2 fully saturated rings. The number of carbonyl (C=O) groups excluding carboxylic acids is 8. The summed E-state index contributed by atoms with van der Waals surface area (Å²) in [6, 6.07) is 14.1. The van der Waals surface area contributed by atoms with Crippen LogP contribution in [0.15, 0.2) is 60.8 Å². The summed E-state index contributed by atoms with van der Waals surface area (Å²) in [4.78, 5) is 173. The van der Waals surface area contributed by atoms with Crippen molar-refractivity contribution < 1.29 is 96.9 Å². The fourth-order valence-electron chi connectivity index (χ4n) is 18.4. The van der Waals surface area contributed by atoms with Gasteiger partial charge in [-0.25, -0.2) is 0 Å². The Morgan fingerprint density at radius 2 is 0.849 bits per heavy atom. The molecule has 18 atom stereocenters. The summed E-state index contributed by atoms with van der Waals surface area (Å²) in [5.41, 5.74) is 2.57. The van der Waals surface area contributed by atoms with Crippen LogP contribution in [-0.4, -0.2) is 269 Å². The lowest BCUT2D eigenvalue weighted by Gasteiger charge is -2.41. The maximum absolute atomic E-state index is 14.5. The number of nitrogens with zero attached hydrogens (tertiary/aromatic N) is 6. The largest absolute Gasteiger partial charge is 0.481 e. The van der Waals surface area contributed by atoms with Gasteiger partial charge in [0.15, 0.2) is 11.6 Å². The van der Waals surface area contributed by atoms with Crippen molar-refractivity contribution in [3.8, 4) is 0 Å². The molecule has 0 saturated carbocycles. The lowest BCUT2D eigenvalue weighted by molar-refractivity contribution is -0.149. The molecule has 2 aromatic carbocycles. The normalized spacial score (nSPS) is 18.6. The highest BCUT2D eigenvalue weighted by molar-refractivity contribution is 5.92. The molecule has 670 valence electrons. The number of rotatable bonds is 54. The average Bonchev–Trinajstić information content (AvgIpc) is 1.80. The zero-order valence-electron chi connectivity index (χ0n) is 75.5. The first-order valence-corrected chi connectivity index (χ1v) is 43.3. The van der Waals surface area contributed by atoms with Crippen molar-refractivity contribution in [2.45, 2.75) is 273 Å². The Balaban J connectivity index is 0.000000501. The number of H-pyrrole nitrogens is 1. The number of aromatic nitrogens is 1. The van der Waals surface area contributed by atoms with Gasteiger partial charge in [-0.05, 0) is 131 Å². The van der Waals surface area contributed by atoms with E-state index in [1.54, 1.807) is 53.7 Å². The second kappa shape index (κ2) is 50.6. The fourth-order valence-corrected chi connectivity index (χ4v) is 18.4. The number of methoxy groups -OCH3 is 4. The van der Waals surface area contributed by atoms with E-state index in [2.05, 4.69) is 4.98 Å². The number of likely N-dealkylation sites (tertiary alicyclic amines) is 2. The van der Waals surface area contributed by atoms with E-state index in [4.69, 9.17) is 29.2 Å². The first kappa shape index (κ1) is 104. The van der Waals surface area contributed by atoms with Gasteiger partial charge in [0.2, 0.25) is 23.6 Å². The van der Waals surface area contributed by atoms with Crippen molar-refractivity contribution in [2.24, 2.45) is 71.0 Å². The molecule has 5 rings (SSSR count). The van der Waals surface area contributed by atoms with E-state index in [0.29, 0.717) is 77.5 Å². The van der Waals surface area contributed by atoms with Gasteiger partial charge in [-0.3, -0.25) is 67.3 Å². The van der Waals surface area contributed by atoms with Crippen LogP contribution in [0.5, 0.6) is 0 Å². The maximum atomic E-state index is 14.5. The third kappa shape index (κ3) is 29.8. The second-order valence-electron chi connectivity index (χ2n) is 35.2. The highest BCUT2D eigenvalue weighted by atomic mass is 16.5. The fraction of sp³-hybridized carbons (Fsp3) is 0.717. The molecule has 119 heavy (non-hydrogen) atoms. The molecule has 27 nitrogen and oxygen atoms in total. The predicted molar refractivity (Wildman–Crippen MR) is 458 cm³/mol. The first-order chi connectivity index (χ1) is 56.1. The summed E-state index contributed by atoms with van der Waals surface area (Å²) in [6.45, 7) is 28.9. The molecular weight excluding hydrogens is 1520 g/mol. The number of Topliss-reactive ketones (excluding diaryl/α,β-unsaturated/α-hetero) is 4. The Hall–Kier alpha value is -7.82. The number of carboxylic acids is 4. The van der Waals surface area contributed by atoms with Gasteiger partial charge in [-0.15, -0.1) is 0 Å². The molecule has 27 heteroatoms. The monoisotopic (exact) mass is 1670 g/mol. The second-order valence-corrected chi connectivity index (χ2v) is 35.2. The van der Waals surface area contributed by atoms with Crippen LogP contribution in [-0.2, 0) is 89.3 Å². The van der Waals surface area contributed by atoms with Crippen LogP contribution in [0, 0.1) is 71.0 Å². The summed E-state index contributed by atoms with van der Waals surface area (Å²) < 4.78 is 24.0. The average molecular weight is 1670 g/mol. The number of para-hydroxylation sites is 1. The van der Waals surface area contributed by atoms with Crippen LogP contribution >= 0.6 is 0 Å². The number of ether oxygens (including phenoxy) is 4. The number of likely N-dealkylation sites (N-methyl/N-ethyl adjacent to an activating group) is 4. The number of benzene rings is 2. The number of hydrogen-bond donors (Lipinski definition) is 5. The van der Waals surface area contributed by atoms with Gasteiger partial charge in [-0.1, -0.05) is 158 Å². The molecule has 0 unspecified atom stereocenters. The number of amides is 4. The van der Waals surface area contributed by atoms with Crippen molar-refractivity contribution in [1.82, 2.24) is 34.4 Å². The number of ketones is 4. The molecule has 3 heterocycles. The number of nitrogens with one attached hydrogen (secondary N) is 1. The Labute approximate surface area is 708 Å². The number of carbonyl (C=O) groups is 12. The highest BCUT2D eigenvalue weighted by Crippen LogP contribution is 2.36. The molecule has 1 aromatic heterocycles. The van der Waals surface area contributed by atoms with Crippen LogP contribution in [0.3, 0.4) is 0 Å². The van der Waals surface area contributed by atoms with Crippen LogP contribution < -0.4 is 0 Å².